The highest BCUT2D eigenvalue weighted by Gasteiger charge is 2.38. The van der Waals surface area contributed by atoms with Gasteiger partial charge in [-0.05, 0) is 31.6 Å². The van der Waals surface area contributed by atoms with E-state index in [1.807, 2.05) is 0 Å². The van der Waals surface area contributed by atoms with Gasteiger partial charge in [0.05, 0.1) is 5.60 Å². The molecule has 0 aromatic heterocycles. The number of ether oxygens (including phenoxy) is 1. The minimum Gasteiger partial charge on any atom is -0.388 e. The summed E-state index contributed by atoms with van der Waals surface area (Å²) in [7, 11) is 0. The fraction of sp³-hybridized carbons (Fsp3) is 1.00. The molecule has 0 spiro atoms. The summed E-state index contributed by atoms with van der Waals surface area (Å²) in [4.78, 5) is 0. The summed E-state index contributed by atoms with van der Waals surface area (Å²) in [6, 6.07) is -0.0514. The van der Waals surface area contributed by atoms with Crippen molar-refractivity contribution in [1.29, 1.82) is 0 Å². The van der Waals surface area contributed by atoms with Crippen LogP contribution in [0.2, 0.25) is 0 Å². The van der Waals surface area contributed by atoms with Gasteiger partial charge in [-0.15, -0.1) is 0 Å². The van der Waals surface area contributed by atoms with Gasteiger partial charge in [-0.1, -0.05) is 32.1 Å². The first kappa shape index (κ1) is 13.3. The van der Waals surface area contributed by atoms with Crippen LogP contribution < -0.4 is 5.73 Å². The van der Waals surface area contributed by atoms with Crippen LogP contribution in [-0.4, -0.2) is 30.0 Å². The highest BCUT2D eigenvalue weighted by atomic mass is 16.5. The SMILES string of the molecule is NC(C1CCOCC1)C1(O)CCCCCCC1. The van der Waals surface area contributed by atoms with E-state index in [0.717, 1.165) is 51.7 Å². The zero-order chi connectivity index (χ0) is 12.1. The Morgan fingerprint density at radius 1 is 1.00 bits per heavy atom. The first-order valence-corrected chi connectivity index (χ1v) is 7.28. The lowest BCUT2D eigenvalue weighted by Gasteiger charge is -2.41. The molecule has 0 bridgehead atoms. The molecule has 1 saturated heterocycles. The third-order valence-electron chi connectivity index (χ3n) is 4.61. The van der Waals surface area contributed by atoms with E-state index in [9.17, 15) is 5.11 Å². The predicted octanol–water partition coefficient (Wildman–Crippen LogP) is 2.22. The van der Waals surface area contributed by atoms with Crippen LogP contribution in [-0.2, 0) is 4.74 Å². The van der Waals surface area contributed by atoms with Gasteiger partial charge < -0.3 is 15.6 Å². The van der Waals surface area contributed by atoms with E-state index in [1.165, 1.54) is 19.3 Å². The Labute approximate surface area is 105 Å². The Morgan fingerprint density at radius 3 is 2.12 bits per heavy atom. The maximum Gasteiger partial charge on any atom is 0.0800 e. The molecule has 1 unspecified atom stereocenters. The van der Waals surface area contributed by atoms with E-state index < -0.39 is 5.60 Å². The summed E-state index contributed by atoms with van der Waals surface area (Å²) < 4.78 is 5.38. The van der Waals surface area contributed by atoms with Crippen molar-refractivity contribution in [2.45, 2.75) is 69.4 Å². The van der Waals surface area contributed by atoms with Crippen LogP contribution in [0.25, 0.3) is 0 Å². The summed E-state index contributed by atoms with van der Waals surface area (Å²) in [5.41, 5.74) is 5.76. The minimum atomic E-state index is -0.609. The zero-order valence-corrected chi connectivity index (χ0v) is 10.9. The molecular formula is C14H27NO2. The van der Waals surface area contributed by atoms with Crippen molar-refractivity contribution < 1.29 is 9.84 Å². The van der Waals surface area contributed by atoms with Gasteiger partial charge in [-0.25, -0.2) is 0 Å². The lowest BCUT2D eigenvalue weighted by atomic mass is 9.75. The second kappa shape index (κ2) is 6.17. The minimum absolute atomic E-state index is 0.0514. The lowest BCUT2D eigenvalue weighted by Crippen LogP contribution is -2.53. The van der Waals surface area contributed by atoms with Crippen molar-refractivity contribution in [2.75, 3.05) is 13.2 Å². The van der Waals surface area contributed by atoms with Gasteiger partial charge in [-0.2, -0.15) is 0 Å². The van der Waals surface area contributed by atoms with Crippen LogP contribution in [0.1, 0.15) is 57.8 Å². The zero-order valence-electron chi connectivity index (χ0n) is 10.9. The van der Waals surface area contributed by atoms with Crippen molar-refractivity contribution in [1.82, 2.24) is 0 Å². The van der Waals surface area contributed by atoms with Gasteiger partial charge in [0.25, 0.3) is 0 Å². The number of nitrogens with two attached hydrogens (primary N) is 1. The largest absolute Gasteiger partial charge is 0.388 e. The van der Waals surface area contributed by atoms with Crippen LogP contribution in [0.15, 0.2) is 0 Å². The molecule has 2 rings (SSSR count). The molecule has 0 aromatic carbocycles. The third-order valence-corrected chi connectivity index (χ3v) is 4.61. The van der Waals surface area contributed by atoms with Crippen LogP contribution in [0.4, 0.5) is 0 Å². The molecule has 0 amide bonds. The second-order valence-electron chi connectivity index (χ2n) is 5.85. The summed E-state index contributed by atoms with van der Waals surface area (Å²) in [5, 5.41) is 10.8. The molecule has 1 aliphatic carbocycles. The average Bonchev–Trinajstić information content (AvgIpc) is 2.34. The Bertz CT molecular complexity index is 218. The Balaban J connectivity index is 1.95. The molecule has 17 heavy (non-hydrogen) atoms. The van der Waals surface area contributed by atoms with Crippen molar-refractivity contribution in [3.8, 4) is 0 Å². The van der Waals surface area contributed by atoms with Crippen molar-refractivity contribution in [3.63, 3.8) is 0 Å². The van der Waals surface area contributed by atoms with Crippen molar-refractivity contribution >= 4 is 0 Å². The molecule has 3 nitrogen and oxygen atoms in total. The quantitative estimate of drug-likeness (QED) is 0.779. The first-order chi connectivity index (χ1) is 8.22. The van der Waals surface area contributed by atoms with Crippen LogP contribution in [0.5, 0.6) is 0 Å². The molecule has 0 radical (unpaired) electrons. The molecule has 3 N–H and O–H groups in total. The normalized spacial score (nSPS) is 29.3. The molecule has 0 aromatic rings. The first-order valence-electron chi connectivity index (χ1n) is 7.28. The van der Waals surface area contributed by atoms with Crippen LogP contribution in [0.3, 0.4) is 0 Å². The number of hydrogen-bond donors (Lipinski definition) is 2. The monoisotopic (exact) mass is 241 g/mol. The summed E-state index contributed by atoms with van der Waals surface area (Å²) in [6.07, 6.45) is 9.92. The highest BCUT2D eigenvalue weighted by Crippen LogP contribution is 2.33. The molecule has 2 aliphatic rings. The second-order valence-corrected chi connectivity index (χ2v) is 5.85. The van der Waals surface area contributed by atoms with E-state index in [2.05, 4.69) is 0 Å². The van der Waals surface area contributed by atoms with E-state index in [-0.39, 0.29) is 6.04 Å². The fourth-order valence-electron chi connectivity index (χ4n) is 3.36. The maximum absolute atomic E-state index is 10.8. The summed E-state index contributed by atoms with van der Waals surface area (Å²) in [6.45, 7) is 1.63. The molecule has 2 fully saturated rings. The van der Waals surface area contributed by atoms with E-state index in [1.54, 1.807) is 0 Å². The van der Waals surface area contributed by atoms with Gasteiger partial charge in [0.2, 0.25) is 0 Å². The molecule has 3 heteroatoms. The van der Waals surface area contributed by atoms with Gasteiger partial charge in [0, 0.05) is 19.3 Å². The Kier molecular flexibility index (Phi) is 4.83. The smallest absolute Gasteiger partial charge is 0.0800 e. The molecule has 1 saturated carbocycles. The third kappa shape index (κ3) is 3.43. The molecule has 100 valence electrons. The number of hydrogen-bond acceptors (Lipinski definition) is 3. The summed E-state index contributed by atoms with van der Waals surface area (Å²) >= 11 is 0. The fourth-order valence-corrected chi connectivity index (χ4v) is 3.36. The van der Waals surface area contributed by atoms with Crippen LogP contribution in [0, 0.1) is 5.92 Å². The molecule has 1 heterocycles. The van der Waals surface area contributed by atoms with Gasteiger partial charge in [0.1, 0.15) is 0 Å². The van der Waals surface area contributed by atoms with E-state index in [0.29, 0.717) is 5.92 Å². The molecule has 1 atom stereocenters. The van der Waals surface area contributed by atoms with Gasteiger partial charge in [-0.3, -0.25) is 0 Å². The molecular weight excluding hydrogens is 214 g/mol. The number of aliphatic hydroxyl groups is 1. The highest BCUT2D eigenvalue weighted by molar-refractivity contribution is 4.94. The predicted molar refractivity (Wildman–Crippen MR) is 68.8 cm³/mol. The topological polar surface area (TPSA) is 55.5 Å². The number of rotatable bonds is 2. The van der Waals surface area contributed by atoms with Crippen molar-refractivity contribution in [3.05, 3.63) is 0 Å². The molecule has 1 aliphatic heterocycles. The summed E-state index contributed by atoms with van der Waals surface area (Å²) in [5.74, 6) is 0.452. The van der Waals surface area contributed by atoms with Gasteiger partial charge in [0.15, 0.2) is 0 Å². The maximum atomic E-state index is 10.8. The van der Waals surface area contributed by atoms with Gasteiger partial charge >= 0.3 is 0 Å². The van der Waals surface area contributed by atoms with Crippen LogP contribution >= 0.6 is 0 Å². The van der Waals surface area contributed by atoms with E-state index in [4.69, 9.17) is 10.5 Å². The van der Waals surface area contributed by atoms with E-state index >= 15 is 0 Å². The lowest BCUT2D eigenvalue weighted by molar-refractivity contribution is -0.0467. The average molecular weight is 241 g/mol. The Hall–Kier alpha value is -0.120. The van der Waals surface area contributed by atoms with Crippen molar-refractivity contribution in [2.24, 2.45) is 11.7 Å². The Morgan fingerprint density at radius 2 is 1.53 bits per heavy atom. The standard InChI is InChI=1S/C14H27NO2/c15-13(12-6-10-17-11-7-12)14(16)8-4-2-1-3-5-9-14/h12-13,16H,1-11,15H2.